The Morgan fingerprint density at radius 2 is 1.97 bits per heavy atom. The minimum Gasteiger partial charge on any atom is -0.310 e. The molecule has 8 heteroatoms. The summed E-state index contributed by atoms with van der Waals surface area (Å²) in [6.07, 6.45) is 5.30. The fourth-order valence-electron chi connectivity index (χ4n) is 4.06. The molecule has 0 radical (unpaired) electrons. The van der Waals surface area contributed by atoms with E-state index in [9.17, 15) is 4.79 Å². The van der Waals surface area contributed by atoms with Crippen LogP contribution in [0.2, 0.25) is 0 Å². The highest BCUT2D eigenvalue weighted by Gasteiger charge is 2.25. The Balaban J connectivity index is 1.22. The van der Waals surface area contributed by atoms with Crippen molar-refractivity contribution >= 4 is 33.8 Å². The first kappa shape index (κ1) is 20.7. The number of aromatic nitrogens is 4. The van der Waals surface area contributed by atoms with E-state index in [1.54, 1.807) is 17.5 Å². The molecule has 1 aromatic carbocycles. The number of fused-ring (bicyclic) bond motifs is 1. The van der Waals surface area contributed by atoms with Crippen LogP contribution in [0.1, 0.15) is 23.5 Å². The largest absolute Gasteiger partial charge is 0.310 e. The molecule has 1 amide bonds. The minimum atomic E-state index is 0.00295. The smallest absolute Gasteiger partial charge is 0.228 e. The average Bonchev–Trinajstić information content (AvgIpc) is 3.26. The number of benzene rings is 1. The van der Waals surface area contributed by atoms with Crippen LogP contribution in [0.25, 0.3) is 21.3 Å². The van der Waals surface area contributed by atoms with Crippen LogP contribution in [-0.2, 0) is 11.3 Å². The van der Waals surface area contributed by atoms with Crippen LogP contribution in [0.3, 0.4) is 0 Å². The highest BCUT2D eigenvalue weighted by Crippen LogP contribution is 2.28. The Morgan fingerprint density at radius 1 is 1.09 bits per heavy atom. The molecule has 4 aromatic rings. The summed E-state index contributed by atoms with van der Waals surface area (Å²) >= 11 is 1.57. The summed E-state index contributed by atoms with van der Waals surface area (Å²) in [5, 5.41) is 15.2. The molecule has 3 aromatic heterocycles. The Labute approximate surface area is 190 Å². The fraction of sp³-hybridized carbons (Fsp3) is 0.292. The standard InChI is InChI=1S/C24H24N6OS/c1-16-28-29-24(32-16)18-5-6-19-14-26-22(13-20(19)12-18)27-23(31)17-7-10-30(11-8-17)15-21-4-2-3-9-25-21/h2-6,9,12-14,17H,7-8,10-11,15H2,1H3,(H,26,27,31). The van der Waals surface area contributed by atoms with Gasteiger partial charge in [-0.05, 0) is 62.5 Å². The van der Waals surface area contributed by atoms with E-state index in [0.717, 1.165) is 64.5 Å². The van der Waals surface area contributed by atoms with Gasteiger partial charge in [0.1, 0.15) is 15.8 Å². The van der Waals surface area contributed by atoms with Gasteiger partial charge >= 0.3 is 0 Å². The van der Waals surface area contributed by atoms with E-state index < -0.39 is 0 Å². The number of rotatable bonds is 5. The molecule has 0 spiro atoms. The number of hydrogen-bond acceptors (Lipinski definition) is 7. The van der Waals surface area contributed by atoms with Crippen LogP contribution < -0.4 is 5.32 Å². The van der Waals surface area contributed by atoms with Crippen LogP contribution in [0.4, 0.5) is 5.82 Å². The second kappa shape index (κ2) is 9.10. The lowest BCUT2D eigenvalue weighted by Crippen LogP contribution is -2.38. The van der Waals surface area contributed by atoms with E-state index in [1.807, 2.05) is 49.5 Å². The molecule has 0 saturated carbocycles. The number of pyridine rings is 2. The van der Waals surface area contributed by atoms with Gasteiger partial charge < -0.3 is 5.32 Å². The third kappa shape index (κ3) is 4.66. The lowest BCUT2D eigenvalue weighted by molar-refractivity contribution is -0.121. The van der Waals surface area contributed by atoms with Crippen LogP contribution in [0, 0.1) is 12.8 Å². The van der Waals surface area contributed by atoms with Gasteiger partial charge in [-0.1, -0.05) is 29.5 Å². The van der Waals surface area contributed by atoms with Gasteiger partial charge in [0.25, 0.3) is 0 Å². The predicted octanol–water partition coefficient (Wildman–Crippen LogP) is 4.31. The van der Waals surface area contributed by atoms with Crippen molar-refractivity contribution in [3.05, 3.63) is 65.6 Å². The molecular formula is C24H24N6OS. The highest BCUT2D eigenvalue weighted by atomic mass is 32.1. The number of piperidine rings is 1. The number of nitrogens with zero attached hydrogens (tertiary/aromatic N) is 5. The second-order valence-electron chi connectivity index (χ2n) is 8.12. The van der Waals surface area contributed by atoms with Crippen molar-refractivity contribution in [1.82, 2.24) is 25.1 Å². The van der Waals surface area contributed by atoms with Crippen molar-refractivity contribution in [2.75, 3.05) is 18.4 Å². The summed E-state index contributed by atoms with van der Waals surface area (Å²) in [6, 6.07) is 14.0. The van der Waals surface area contributed by atoms with Crippen molar-refractivity contribution in [2.45, 2.75) is 26.3 Å². The maximum absolute atomic E-state index is 12.9. The van der Waals surface area contributed by atoms with Crippen molar-refractivity contribution in [1.29, 1.82) is 0 Å². The Bertz CT molecular complexity index is 1230. The number of hydrogen-bond donors (Lipinski definition) is 1. The summed E-state index contributed by atoms with van der Waals surface area (Å²) in [4.78, 5) is 24.1. The molecule has 1 N–H and O–H groups in total. The van der Waals surface area contributed by atoms with Gasteiger partial charge in [-0.3, -0.25) is 14.7 Å². The van der Waals surface area contributed by atoms with Gasteiger partial charge in [-0.15, -0.1) is 10.2 Å². The Hall–Kier alpha value is -3.23. The summed E-state index contributed by atoms with van der Waals surface area (Å²) in [7, 11) is 0. The van der Waals surface area contributed by atoms with Gasteiger partial charge in [-0.2, -0.15) is 0 Å². The maximum Gasteiger partial charge on any atom is 0.228 e. The first-order valence-electron chi connectivity index (χ1n) is 10.8. The monoisotopic (exact) mass is 444 g/mol. The van der Waals surface area contributed by atoms with E-state index in [4.69, 9.17) is 0 Å². The summed E-state index contributed by atoms with van der Waals surface area (Å²) in [5.41, 5.74) is 2.09. The molecule has 1 aliphatic rings. The van der Waals surface area contributed by atoms with Gasteiger partial charge in [0.2, 0.25) is 5.91 Å². The van der Waals surface area contributed by atoms with E-state index in [1.165, 1.54) is 0 Å². The third-order valence-corrected chi connectivity index (χ3v) is 6.70. The normalized spacial score (nSPS) is 15.2. The van der Waals surface area contributed by atoms with E-state index >= 15 is 0 Å². The lowest BCUT2D eigenvalue weighted by atomic mass is 9.95. The third-order valence-electron chi connectivity index (χ3n) is 5.82. The zero-order valence-electron chi connectivity index (χ0n) is 17.9. The summed E-state index contributed by atoms with van der Waals surface area (Å²) in [5.74, 6) is 0.637. The molecule has 0 unspecified atom stereocenters. The molecule has 5 rings (SSSR count). The van der Waals surface area contributed by atoms with Crippen LogP contribution in [-0.4, -0.2) is 44.1 Å². The number of nitrogens with one attached hydrogen (secondary N) is 1. The van der Waals surface area contributed by atoms with E-state index in [2.05, 4.69) is 36.4 Å². The molecule has 1 fully saturated rings. The highest BCUT2D eigenvalue weighted by molar-refractivity contribution is 7.14. The van der Waals surface area contributed by atoms with Gasteiger partial charge in [0, 0.05) is 35.8 Å². The van der Waals surface area contributed by atoms with Crippen molar-refractivity contribution < 1.29 is 4.79 Å². The molecule has 0 aliphatic carbocycles. The topological polar surface area (TPSA) is 83.9 Å². The Morgan fingerprint density at radius 3 is 2.72 bits per heavy atom. The number of anilines is 1. The molecular weight excluding hydrogens is 420 g/mol. The van der Waals surface area contributed by atoms with Crippen molar-refractivity contribution in [2.24, 2.45) is 5.92 Å². The molecule has 162 valence electrons. The lowest BCUT2D eigenvalue weighted by Gasteiger charge is -2.30. The number of carbonyl (C=O) groups excluding carboxylic acids is 1. The second-order valence-corrected chi connectivity index (χ2v) is 9.30. The van der Waals surface area contributed by atoms with E-state index in [-0.39, 0.29) is 11.8 Å². The van der Waals surface area contributed by atoms with Crippen LogP contribution in [0.15, 0.2) is 54.9 Å². The average molecular weight is 445 g/mol. The molecule has 4 heterocycles. The first-order valence-corrected chi connectivity index (χ1v) is 11.6. The number of amides is 1. The van der Waals surface area contributed by atoms with Crippen molar-refractivity contribution in [3.8, 4) is 10.6 Å². The predicted molar refractivity (Wildman–Crippen MR) is 126 cm³/mol. The SMILES string of the molecule is Cc1nnc(-c2ccc3cnc(NC(=O)C4CCN(Cc5ccccn5)CC4)cc3c2)s1. The first-order chi connectivity index (χ1) is 15.6. The molecule has 1 aliphatic heterocycles. The molecule has 0 bridgehead atoms. The Kier molecular flexibility index (Phi) is 5.87. The molecule has 32 heavy (non-hydrogen) atoms. The van der Waals surface area contributed by atoms with Gasteiger partial charge in [0.05, 0.1) is 5.69 Å². The van der Waals surface area contributed by atoms with Gasteiger partial charge in [-0.25, -0.2) is 4.98 Å². The molecule has 0 atom stereocenters. The minimum absolute atomic E-state index is 0.00295. The van der Waals surface area contributed by atoms with Crippen LogP contribution >= 0.6 is 11.3 Å². The molecule has 7 nitrogen and oxygen atoms in total. The van der Waals surface area contributed by atoms with E-state index in [0.29, 0.717) is 5.82 Å². The quantitative estimate of drug-likeness (QED) is 0.494. The molecule has 1 saturated heterocycles. The fourth-order valence-corrected chi connectivity index (χ4v) is 4.75. The zero-order chi connectivity index (χ0) is 21.9. The summed E-state index contributed by atoms with van der Waals surface area (Å²) < 4.78 is 0. The number of likely N-dealkylation sites (tertiary alicyclic amines) is 1. The van der Waals surface area contributed by atoms with Gasteiger partial charge in [0.15, 0.2) is 0 Å². The zero-order valence-corrected chi connectivity index (χ0v) is 18.7. The summed E-state index contributed by atoms with van der Waals surface area (Å²) in [6.45, 7) is 4.57. The maximum atomic E-state index is 12.9. The van der Waals surface area contributed by atoms with Crippen LogP contribution in [0.5, 0.6) is 0 Å². The number of carbonyl (C=O) groups is 1. The number of aryl methyl sites for hydroxylation is 1. The van der Waals surface area contributed by atoms with Crippen molar-refractivity contribution in [3.63, 3.8) is 0 Å².